The van der Waals surface area contributed by atoms with E-state index in [0.717, 1.165) is 19.4 Å². The van der Waals surface area contributed by atoms with Gasteiger partial charge in [-0.15, -0.1) is 0 Å². The molecule has 2 aromatic rings. The summed E-state index contributed by atoms with van der Waals surface area (Å²) in [6.07, 6.45) is 2.14. The van der Waals surface area contributed by atoms with Crippen LogP contribution in [0.4, 0.5) is 0 Å². The molecule has 2 aromatic carbocycles. The monoisotopic (exact) mass is 199 g/mol. The van der Waals surface area contributed by atoms with Gasteiger partial charge in [0.25, 0.3) is 0 Å². The number of hydrogen-bond acceptors (Lipinski definition) is 1. The second-order valence-electron chi connectivity index (χ2n) is 3.98. The van der Waals surface area contributed by atoms with E-state index in [1.54, 1.807) is 0 Å². The lowest BCUT2D eigenvalue weighted by Crippen LogP contribution is -2.00. The Balaban J connectivity index is 2.53. The van der Waals surface area contributed by atoms with Crippen LogP contribution in [0.2, 0.25) is 0 Å². The van der Waals surface area contributed by atoms with Crippen molar-refractivity contribution >= 4 is 10.8 Å². The molecule has 0 heterocycles. The van der Waals surface area contributed by atoms with Crippen molar-refractivity contribution in [3.8, 4) is 0 Å². The van der Waals surface area contributed by atoms with Crippen molar-refractivity contribution in [2.75, 3.05) is 6.54 Å². The van der Waals surface area contributed by atoms with Crippen LogP contribution >= 0.6 is 0 Å². The lowest BCUT2D eigenvalue weighted by molar-refractivity contribution is 0.837. The Hall–Kier alpha value is -1.34. The van der Waals surface area contributed by atoms with Crippen molar-refractivity contribution in [2.24, 2.45) is 5.73 Å². The van der Waals surface area contributed by atoms with Crippen LogP contribution in [0, 0.1) is 6.92 Å². The molecule has 78 valence electrons. The fourth-order valence-electron chi connectivity index (χ4n) is 2.12. The minimum Gasteiger partial charge on any atom is -0.330 e. The average molecular weight is 199 g/mol. The first-order valence-corrected chi connectivity index (χ1v) is 5.50. The highest BCUT2D eigenvalue weighted by atomic mass is 14.5. The van der Waals surface area contributed by atoms with Gasteiger partial charge in [-0.05, 0) is 48.2 Å². The van der Waals surface area contributed by atoms with Gasteiger partial charge in [0.15, 0.2) is 0 Å². The molecule has 0 bridgehead atoms. The molecule has 0 aliphatic rings. The first-order chi connectivity index (χ1) is 7.33. The summed E-state index contributed by atoms with van der Waals surface area (Å²) in [5.41, 5.74) is 8.35. The molecule has 0 saturated carbocycles. The zero-order valence-electron chi connectivity index (χ0n) is 9.16. The normalized spacial score (nSPS) is 10.8. The zero-order valence-corrected chi connectivity index (χ0v) is 9.16. The second kappa shape index (κ2) is 4.45. The maximum Gasteiger partial charge on any atom is -0.00741 e. The van der Waals surface area contributed by atoms with Gasteiger partial charge in [0, 0.05) is 0 Å². The second-order valence-corrected chi connectivity index (χ2v) is 3.98. The molecule has 0 radical (unpaired) electrons. The van der Waals surface area contributed by atoms with Crippen molar-refractivity contribution in [1.82, 2.24) is 0 Å². The topological polar surface area (TPSA) is 26.0 Å². The maximum atomic E-state index is 5.56. The summed E-state index contributed by atoms with van der Waals surface area (Å²) in [7, 11) is 0. The van der Waals surface area contributed by atoms with Gasteiger partial charge in [0.1, 0.15) is 0 Å². The molecule has 0 aromatic heterocycles. The first kappa shape index (κ1) is 10.2. The third kappa shape index (κ3) is 2.02. The van der Waals surface area contributed by atoms with Gasteiger partial charge in [-0.1, -0.05) is 36.4 Å². The molecule has 15 heavy (non-hydrogen) atoms. The van der Waals surface area contributed by atoms with Crippen LogP contribution in [0.3, 0.4) is 0 Å². The van der Waals surface area contributed by atoms with Gasteiger partial charge in [0.05, 0.1) is 0 Å². The molecular formula is C14H17N. The molecule has 1 nitrogen and oxygen atoms in total. The number of aryl methyl sites for hydroxylation is 2. The smallest absolute Gasteiger partial charge is 0.00741 e. The van der Waals surface area contributed by atoms with Gasteiger partial charge in [-0.2, -0.15) is 0 Å². The zero-order chi connectivity index (χ0) is 10.7. The summed E-state index contributed by atoms with van der Waals surface area (Å²) in [6.45, 7) is 2.94. The molecule has 0 aliphatic heterocycles. The van der Waals surface area contributed by atoms with Crippen LogP contribution in [0.5, 0.6) is 0 Å². The van der Waals surface area contributed by atoms with Gasteiger partial charge < -0.3 is 5.73 Å². The van der Waals surface area contributed by atoms with E-state index in [9.17, 15) is 0 Å². The summed E-state index contributed by atoms with van der Waals surface area (Å²) in [4.78, 5) is 0. The Bertz CT molecular complexity index is 455. The Kier molecular flexibility index (Phi) is 3.02. The van der Waals surface area contributed by atoms with E-state index in [1.807, 2.05) is 0 Å². The van der Waals surface area contributed by atoms with E-state index in [1.165, 1.54) is 21.9 Å². The minimum absolute atomic E-state index is 0.766. The van der Waals surface area contributed by atoms with Crippen molar-refractivity contribution in [2.45, 2.75) is 19.8 Å². The summed E-state index contributed by atoms with van der Waals surface area (Å²) >= 11 is 0. The SMILES string of the molecule is Cc1cccc2cccc(CCCN)c12. The van der Waals surface area contributed by atoms with Crippen LogP contribution < -0.4 is 5.73 Å². The highest BCUT2D eigenvalue weighted by Crippen LogP contribution is 2.23. The van der Waals surface area contributed by atoms with Crippen molar-refractivity contribution in [1.29, 1.82) is 0 Å². The highest BCUT2D eigenvalue weighted by molar-refractivity contribution is 5.88. The van der Waals surface area contributed by atoms with E-state index in [0.29, 0.717) is 0 Å². The van der Waals surface area contributed by atoms with Gasteiger partial charge in [-0.3, -0.25) is 0 Å². The number of nitrogens with two attached hydrogens (primary N) is 1. The van der Waals surface area contributed by atoms with E-state index in [4.69, 9.17) is 5.73 Å². The van der Waals surface area contributed by atoms with E-state index < -0.39 is 0 Å². The summed E-state index contributed by atoms with van der Waals surface area (Å²) in [6, 6.07) is 13.0. The predicted octanol–water partition coefficient (Wildman–Crippen LogP) is 3.04. The first-order valence-electron chi connectivity index (χ1n) is 5.50. The maximum absolute atomic E-state index is 5.56. The van der Waals surface area contributed by atoms with Gasteiger partial charge in [0.2, 0.25) is 0 Å². The van der Waals surface area contributed by atoms with Gasteiger partial charge in [-0.25, -0.2) is 0 Å². The van der Waals surface area contributed by atoms with Crippen LogP contribution in [0.25, 0.3) is 10.8 Å². The van der Waals surface area contributed by atoms with Crippen LogP contribution in [0.15, 0.2) is 36.4 Å². The summed E-state index contributed by atoms with van der Waals surface area (Å²) < 4.78 is 0. The van der Waals surface area contributed by atoms with Crippen LogP contribution in [0.1, 0.15) is 17.5 Å². The molecule has 0 atom stereocenters. The summed E-state index contributed by atoms with van der Waals surface area (Å²) in [5, 5.41) is 2.75. The molecule has 0 unspecified atom stereocenters. The van der Waals surface area contributed by atoms with E-state index in [2.05, 4.69) is 43.3 Å². The molecule has 0 spiro atoms. The molecular weight excluding hydrogens is 182 g/mol. The fraction of sp³-hybridized carbons (Fsp3) is 0.286. The molecule has 2 N–H and O–H groups in total. The molecule has 0 fully saturated rings. The Labute approximate surface area is 90.9 Å². The number of benzene rings is 2. The fourth-order valence-corrected chi connectivity index (χ4v) is 2.12. The lowest BCUT2D eigenvalue weighted by atomic mass is 9.97. The van der Waals surface area contributed by atoms with E-state index in [-0.39, 0.29) is 0 Å². The van der Waals surface area contributed by atoms with Crippen molar-refractivity contribution in [3.63, 3.8) is 0 Å². The number of fused-ring (bicyclic) bond motifs is 1. The minimum atomic E-state index is 0.766. The number of hydrogen-bond donors (Lipinski definition) is 1. The van der Waals surface area contributed by atoms with Crippen LogP contribution in [-0.2, 0) is 6.42 Å². The standard InChI is InChI=1S/C14H17N/c1-11-5-2-6-12-7-3-8-13(14(11)12)9-4-10-15/h2-3,5-8H,4,9-10,15H2,1H3. The molecule has 2 rings (SSSR count). The number of rotatable bonds is 3. The highest BCUT2D eigenvalue weighted by Gasteiger charge is 2.02. The largest absolute Gasteiger partial charge is 0.330 e. The van der Waals surface area contributed by atoms with E-state index >= 15 is 0 Å². The summed E-state index contributed by atoms with van der Waals surface area (Å²) in [5.74, 6) is 0. The van der Waals surface area contributed by atoms with Gasteiger partial charge >= 0.3 is 0 Å². The Morgan fingerprint density at radius 2 is 1.80 bits per heavy atom. The molecule has 0 saturated heterocycles. The van der Waals surface area contributed by atoms with Crippen molar-refractivity contribution in [3.05, 3.63) is 47.5 Å². The molecule has 0 aliphatic carbocycles. The molecule has 1 heteroatoms. The predicted molar refractivity (Wildman–Crippen MR) is 66.1 cm³/mol. The molecule has 0 amide bonds. The average Bonchev–Trinajstić information content (AvgIpc) is 2.26. The Morgan fingerprint density at radius 1 is 1.07 bits per heavy atom. The van der Waals surface area contributed by atoms with Crippen LogP contribution in [-0.4, -0.2) is 6.54 Å². The Morgan fingerprint density at radius 3 is 2.53 bits per heavy atom. The lowest BCUT2D eigenvalue weighted by Gasteiger charge is -2.08. The third-order valence-corrected chi connectivity index (χ3v) is 2.85. The third-order valence-electron chi connectivity index (χ3n) is 2.85. The quantitative estimate of drug-likeness (QED) is 0.807. The van der Waals surface area contributed by atoms with Crippen molar-refractivity contribution < 1.29 is 0 Å².